The summed E-state index contributed by atoms with van der Waals surface area (Å²) in [7, 11) is 1.96. The van der Waals surface area contributed by atoms with E-state index in [4.69, 9.17) is 0 Å². The van der Waals surface area contributed by atoms with Gasteiger partial charge in [-0.05, 0) is 37.4 Å². The van der Waals surface area contributed by atoms with Gasteiger partial charge in [0.1, 0.15) is 0 Å². The zero-order valence-corrected chi connectivity index (χ0v) is 9.45. The number of hydrogen-bond acceptors (Lipinski definition) is 2. The fourth-order valence-electron chi connectivity index (χ4n) is 1.58. The molecule has 1 unspecified atom stereocenters. The predicted molar refractivity (Wildman–Crippen MR) is 59.2 cm³/mol. The van der Waals surface area contributed by atoms with Gasteiger partial charge in [-0.3, -0.25) is 4.68 Å². The van der Waals surface area contributed by atoms with Gasteiger partial charge in [-0.25, -0.2) is 0 Å². The van der Waals surface area contributed by atoms with Crippen molar-refractivity contribution in [2.24, 2.45) is 13.0 Å². The highest BCUT2D eigenvalue weighted by atomic mass is 15.2. The van der Waals surface area contributed by atoms with Crippen molar-refractivity contribution < 1.29 is 0 Å². The largest absolute Gasteiger partial charge is 0.316 e. The molecule has 0 aromatic carbocycles. The Kier molecular flexibility index (Phi) is 4.66. The first-order valence-electron chi connectivity index (χ1n) is 5.40. The Morgan fingerprint density at radius 3 is 2.93 bits per heavy atom. The predicted octanol–water partition coefficient (Wildman–Crippen LogP) is 1.60. The summed E-state index contributed by atoms with van der Waals surface area (Å²) in [5.41, 5.74) is 1.33. The fourth-order valence-corrected chi connectivity index (χ4v) is 1.58. The Morgan fingerprint density at radius 2 is 2.36 bits per heavy atom. The zero-order valence-electron chi connectivity index (χ0n) is 9.45. The minimum Gasteiger partial charge on any atom is -0.316 e. The maximum absolute atomic E-state index is 4.16. The highest BCUT2D eigenvalue weighted by molar-refractivity contribution is 5.04. The Bertz CT molecular complexity index is 255. The maximum atomic E-state index is 4.16. The van der Waals surface area contributed by atoms with E-state index in [1.807, 2.05) is 17.9 Å². The van der Waals surface area contributed by atoms with Crippen molar-refractivity contribution in [3.8, 4) is 0 Å². The molecule has 0 aliphatic carbocycles. The molecule has 0 fully saturated rings. The van der Waals surface area contributed by atoms with Crippen LogP contribution in [0.3, 0.4) is 0 Å². The molecule has 0 saturated heterocycles. The first-order chi connectivity index (χ1) is 6.72. The molecule has 3 nitrogen and oxygen atoms in total. The van der Waals surface area contributed by atoms with E-state index in [9.17, 15) is 0 Å². The first-order valence-corrected chi connectivity index (χ1v) is 5.40. The van der Waals surface area contributed by atoms with E-state index < -0.39 is 0 Å². The average molecular weight is 195 g/mol. The van der Waals surface area contributed by atoms with Crippen molar-refractivity contribution in [3.63, 3.8) is 0 Å². The van der Waals surface area contributed by atoms with Crippen LogP contribution < -0.4 is 5.32 Å². The summed E-state index contributed by atoms with van der Waals surface area (Å²) in [5.74, 6) is 0.686. The van der Waals surface area contributed by atoms with E-state index in [0.717, 1.165) is 19.5 Å². The lowest BCUT2D eigenvalue weighted by Crippen LogP contribution is -2.22. The molecule has 0 amide bonds. The fraction of sp³-hybridized carbons (Fsp3) is 0.727. The molecule has 0 radical (unpaired) electrons. The third-order valence-electron chi connectivity index (χ3n) is 2.26. The van der Waals surface area contributed by atoms with Crippen LogP contribution in [0.4, 0.5) is 0 Å². The summed E-state index contributed by atoms with van der Waals surface area (Å²) in [5, 5.41) is 7.60. The molecular weight excluding hydrogens is 174 g/mol. The lowest BCUT2D eigenvalue weighted by atomic mass is 10.0. The van der Waals surface area contributed by atoms with Crippen LogP contribution in [0.15, 0.2) is 12.4 Å². The quantitative estimate of drug-likeness (QED) is 0.699. The molecule has 0 aliphatic rings. The second-order valence-electron chi connectivity index (χ2n) is 4.04. The lowest BCUT2D eigenvalue weighted by Gasteiger charge is -2.10. The Balaban J connectivity index is 2.23. The Morgan fingerprint density at radius 1 is 1.57 bits per heavy atom. The molecule has 14 heavy (non-hydrogen) atoms. The van der Waals surface area contributed by atoms with Gasteiger partial charge in [-0.15, -0.1) is 0 Å². The van der Waals surface area contributed by atoms with Crippen LogP contribution in [0.5, 0.6) is 0 Å². The molecule has 3 heteroatoms. The van der Waals surface area contributed by atoms with Crippen molar-refractivity contribution >= 4 is 0 Å². The number of nitrogens with zero attached hydrogens (tertiary/aromatic N) is 2. The van der Waals surface area contributed by atoms with Gasteiger partial charge in [0.25, 0.3) is 0 Å². The van der Waals surface area contributed by atoms with Crippen molar-refractivity contribution in [1.29, 1.82) is 0 Å². The highest BCUT2D eigenvalue weighted by Crippen LogP contribution is 2.05. The number of aryl methyl sites for hydroxylation is 1. The van der Waals surface area contributed by atoms with E-state index >= 15 is 0 Å². The Labute approximate surface area is 86.5 Å². The molecule has 0 saturated carbocycles. The van der Waals surface area contributed by atoms with Crippen molar-refractivity contribution in [1.82, 2.24) is 15.1 Å². The number of aromatic nitrogens is 2. The molecule has 1 aromatic heterocycles. The second kappa shape index (κ2) is 5.81. The molecule has 0 aliphatic heterocycles. The summed E-state index contributed by atoms with van der Waals surface area (Å²) in [4.78, 5) is 0. The van der Waals surface area contributed by atoms with Gasteiger partial charge in [-0.1, -0.05) is 13.8 Å². The summed E-state index contributed by atoms with van der Waals surface area (Å²) >= 11 is 0. The van der Waals surface area contributed by atoms with Crippen LogP contribution in [0.2, 0.25) is 0 Å². The third-order valence-corrected chi connectivity index (χ3v) is 2.26. The van der Waals surface area contributed by atoms with Gasteiger partial charge in [0.15, 0.2) is 0 Å². The summed E-state index contributed by atoms with van der Waals surface area (Å²) < 4.78 is 1.86. The highest BCUT2D eigenvalue weighted by Gasteiger charge is 2.04. The molecule has 0 bridgehead atoms. The molecule has 1 N–H and O–H groups in total. The maximum Gasteiger partial charge on any atom is 0.0521 e. The molecule has 80 valence electrons. The lowest BCUT2D eigenvalue weighted by molar-refractivity contribution is 0.510. The zero-order chi connectivity index (χ0) is 10.4. The normalized spacial score (nSPS) is 13.1. The minimum atomic E-state index is 0.686. The average Bonchev–Trinajstić information content (AvgIpc) is 2.52. The monoisotopic (exact) mass is 195 g/mol. The molecule has 1 rings (SSSR count). The molecular formula is C11H21N3. The smallest absolute Gasteiger partial charge is 0.0521 e. The Hall–Kier alpha value is -0.830. The van der Waals surface area contributed by atoms with Gasteiger partial charge in [0.2, 0.25) is 0 Å². The van der Waals surface area contributed by atoms with Crippen LogP contribution in [-0.2, 0) is 13.5 Å². The van der Waals surface area contributed by atoms with Gasteiger partial charge in [0, 0.05) is 13.2 Å². The second-order valence-corrected chi connectivity index (χ2v) is 4.04. The van der Waals surface area contributed by atoms with Gasteiger partial charge < -0.3 is 5.32 Å². The van der Waals surface area contributed by atoms with Crippen LogP contribution in [0.25, 0.3) is 0 Å². The molecule has 1 heterocycles. The van der Waals surface area contributed by atoms with Gasteiger partial charge >= 0.3 is 0 Å². The number of rotatable bonds is 6. The van der Waals surface area contributed by atoms with Crippen LogP contribution in [0.1, 0.15) is 25.8 Å². The van der Waals surface area contributed by atoms with E-state index in [2.05, 4.69) is 30.5 Å². The summed E-state index contributed by atoms with van der Waals surface area (Å²) in [6.07, 6.45) is 6.37. The summed E-state index contributed by atoms with van der Waals surface area (Å²) in [6.45, 7) is 6.69. The van der Waals surface area contributed by atoms with Crippen LogP contribution >= 0.6 is 0 Å². The summed E-state index contributed by atoms with van der Waals surface area (Å²) in [6, 6.07) is 0. The molecule has 1 aromatic rings. The van der Waals surface area contributed by atoms with E-state index in [1.54, 1.807) is 0 Å². The van der Waals surface area contributed by atoms with E-state index in [1.165, 1.54) is 12.0 Å². The van der Waals surface area contributed by atoms with Crippen LogP contribution in [0, 0.1) is 5.92 Å². The number of nitrogens with one attached hydrogen (secondary N) is 1. The topological polar surface area (TPSA) is 29.9 Å². The standard InChI is InChI=1S/C11H21N3/c1-4-5-12-7-10(2)6-11-8-13-14(3)9-11/h8-10,12H,4-7H2,1-3H3. The number of hydrogen-bond donors (Lipinski definition) is 1. The third kappa shape index (κ3) is 3.92. The van der Waals surface area contributed by atoms with E-state index in [0.29, 0.717) is 5.92 Å². The van der Waals surface area contributed by atoms with Crippen molar-refractivity contribution in [3.05, 3.63) is 18.0 Å². The van der Waals surface area contributed by atoms with Gasteiger partial charge in [0.05, 0.1) is 6.20 Å². The molecule has 0 spiro atoms. The van der Waals surface area contributed by atoms with E-state index in [-0.39, 0.29) is 0 Å². The van der Waals surface area contributed by atoms with Crippen molar-refractivity contribution in [2.75, 3.05) is 13.1 Å². The van der Waals surface area contributed by atoms with Crippen molar-refractivity contribution in [2.45, 2.75) is 26.7 Å². The minimum absolute atomic E-state index is 0.686. The molecule has 1 atom stereocenters. The van der Waals surface area contributed by atoms with Crippen LogP contribution in [-0.4, -0.2) is 22.9 Å². The van der Waals surface area contributed by atoms with Gasteiger partial charge in [-0.2, -0.15) is 5.10 Å². The SMILES string of the molecule is CCCNCC(C)Cc1cnn(C)c1. The first kappa shape index (κ1) is 11.2.